The molecule has 0 saturated carbocycles. The molecule has 0 bridgehead atoms. The van der Waals surface area contributed by atoms with Crippen molar-refractivity contribution in [3.63, 3.8) is 0 Å². The Balaban J connectivity index is 2.41. The molecule has 0 fully saturated rings. The summed E-state index contributed by atoms with van der Waals surface area (Å²) >= 11 is 0. The Labute approximate surface area is 110 Å². The molecule has 0 aromatic heterocycles. The molecule has 1 atom stereocenters. The summed E-state index contributed by atoms with van der Waals surface area (Å²) < 4.78 is 31.2. The van der Waals surface area contributed by atoms with E-state index in [4.69, 9.17) is 4.74 Å². The van der Waals surface area contributed by atoms with Gasteiger partial charge in [0.1, 0.15) is 11.4 Å². The van der Waals surface area contributed by atoms with Crippen molar-refractivity contribution in [3.8, 4) is 5.75 Å². The lowest BCUT2D eigenvalue weighted by atomic mass is 9.88. The Morgan fingerprint density at radius 2 is 1.53 bits per heavy atom. The van der Waals surface area contributed by atoms with Gasteiger partial charge >= 0.3 is 0 Å². The van der Waals surface area contributed by atoms with E-state index in [2.05, 4.69) is 0 Å². The Morgan fingerprint density at radius 1 is 0.947 bits per heavy atom. The molecule has 4 heteroatoms. The zero-order chi connectivity index (χ0) is 14.0. The largest absolute Gasteiger partial charge is 0.497 e. The third-order valence-corrected chi connectivity index (χ3v) is 3.13. The van der Waals surface area contributed by atoms with Crippen LogP contribution >= 0.6 is 0 Å². The van der Waals surface area contributed by atoms with Crippen LogP contribution in [-0.4, -0.2) is 12.2 Å². The number of hydrogen-bond donors (Lipinski definition) is 1. The van der Waals surface area contributed by atoms with Crippen LogP contribution in [0.25, 0.3) is 0 Å². The molecule has 0 aliphatic heterocycles. The minimum Gasteiger partial charge on any atom is -0.497 e. The Morgan fingerprint density at radius 3 is 2.05 bits per heavy atom. The number of methoxy groups -OCH3 is 1. The van der Waals surface area contributed by atoms with Crippen LogP contribution in [0.2, 0.25) is 0 Å². The fourth-order valence-electron chi connectivity index (χ4n) is 1.88. The molecule has 0 radical (unpaired) electrons. The summed E-state index contributed by atoms with van der Waals surface area (Å²) in [5.41, 5.74) is -0.545. The summed E-state index contributed by atoms with van der Waals surface area (Å²) in [4.78, 5) is 0. The lowest BCUT2D eigenvalue weighted by Gasteiger charge is -2.24. The number of halogens is 2. The molecule has 0 heterocycles. The number of benzene rings is 2. The molecule has 0 saturated heterocycles. The van der Waals surface area contributed by atoms with Crippen LogP contribution in [-0.2, 0) is 5.60 Å². The van der Waals surface area contributed by atoms with E-state index in [1.807, 2.05) is 0 Å². The first-order chi connectivity index (χ1) is 8.95. The molecule has 1 N–H and O–H groups in total. The minimum atomic E-state index is -1.40. The summed E-state index contributed by atoms with van der Waals surface area (Å²) in [7, 11) is 1.54. The molecule has 2 rings (SSSR count). The van der Waals surface area contributed by atoms with Gasteiger partial charge in [-0.25, -0.2) is 8.78 Å². The van der Waals surface area contributed by atoms with Gasteiger partial charge in [-0.15, -0.1) is 0 Å². The summed E-state index contributed by atoms with van der Waals surface area (Å²) in [5, 5.41) is 10.5. The van der Waals surface area contributed by atoms with Crippen molar-refractivity contribution in [1.29, 1.82) is 0 Å². The molecule has 2 nitrogen and oxygen atoms in total. The number of rotatable bonds is 3. The maximum absolute atomic E-state index is 13.2. The summed E-state index contributed by atoms with van der Waals surface area (Å²) in [5.74, 6) is -1.26. The highest BCUT2D eigenvalue weighted by Gasteiger charge is 2.26. The standard InChI is InChI=1S/C15H14F2O2/c1-15(18,10-3-6-12(19-2)7-4-10)11-5-8-13(16)14(17)9-11/h3-9,18H,1-2H3. The lowest BCUT2D eigenvalue weighted by Crippen LogP contribution is -2.23. The first-order valence-corrected chi connectivity index (χ1v) is 5.77. The molecule has 19 heavy (non-hydrogen) atoms. The Hall–Kier alpha value is -1.94. The minimum absolute atomic E-state index is 0.288. The lowest BCUT2D eigenvalue weighted by molar-refractivity contribution is 0.102. The van der Waals surface area contributed by atoms with Gasteiger partial charge in [-0.3, -0.25) is 0 Å². The van der Waals surface area contributed by atoms with Crippen molar-refractivity contribution in [1.82, 2.24) is 0 Å². The van der Waals surface area contributed by atoms with Crippen LogP contribution in [0.5, 0.6) is 5.75 Å². The van der Waals surface area contributed by atoms with Gasteiger partial charge in [0.15, 0.2) is 11.6 Å². The van der Waals surface area contributed by atoms with Crippen LogP contribution in [0.3, 0.4) is 0 Å². The second kappa shape index (κ2) is 4.97. The normalized spacial score (nSPS) is 13.9. The summed E-state index contributed by atoms with van der Waals surface area (Å²) in [6, 6.07) is 10.1. The third kappa shape index (κ3) is 2.58. The van der Waals surface area contributed by atoms with Gasteiger partial charge in [-0.1, -0.05) is 18.2 Å². The zero-order valence-electron chi connectivity index (χ0n) is 10.7. The van der Waals surface area contributed by atoms with Gasteiger partial charge in [-0.05, 0) is 42.3 Å². The number of aliphatic hydroxyl groups is 1. The number of hydrogen-bond acceptors (Lipinski definition) is 2. The fourth-order valence-corrected chi connectivity index (χ4v) is 1.88. The van der Waals surface area contributed by atoms with E-state index in [0.717, 1.165) is 12.1 Å². The van der Waals surface area contributed by atoms with E-state index < -0.39 is 17.2 Å². The quantitative estimate of drug-likeness (QED) is 0.922. The van der Waals surface area contributed by atoms with Crippen LogP contribution in [0, 0.1) is 11.6 Å². The molecule has 0 amide bonds. The second-order valence-electron chi connectivity index (χ2n) is 4.43. The van der Waals surface area contributed by atoms with Gasteiger partial charge in [0.25, 0.3) is 0 Å². The van der Waals surface area contributed by atoms with Crippen LogP contribution in [0.4, 0.5) is 8.78 Å². The average molecular weight is 264 g/mol. The van der Waals surface area contributed by atoms with Crippen molar-refractivity contribution in [2.75, 3.05) is 7.11 Å². The molecular weight excluding hydrogens is 250 g/mol. The highest BCUT2D eigenvalue weighted by molar-refractivity contribution is 5.38. The van der Waals surface area contributed by atoms with E-state index >= 15 is 0 Å². The molecule has 0 aliphatic carbocycles. The van der Waals surface area contributed by atoms with E-state index in [9.17, 15) is 13.9 Å². The van der Waals surface area contributed by atoms with Crippen LogP contribution in [0.1, 0.15) is 18.1 Å². The Bertz CT molecular complexity index is 577. The Kier molecular flexibility index (Phi) is 3.53. The van der Waals surface area contributed by atoms with E-state index in [-0.39, 0.29) is 5.56 Å². The second-order valence-corrected chi connectivity index (χ2v) is 4.43. The SMILES string of the molecule is COc1ccc(C(C)(O)c2ccc(F)c(F)c2)cc1. The van der Waals surface area contributed by atoms with Gasteiger partial charge in [0, 0.05) is 0 Å². The predicted molar refractivity (Wildman–Crippen MR) is 68.0 cm³/mol. The van der Waals surface area contributed by atoms with E-state index in [1.54, 1.807) is 31.4 Å². The topological polar surface area (TPSA) is 29.5 Å². The van der Waals surface area contributed by atoms with E-state index in [0.29, 0.717) is 11.3 Å². The molecule has 0 aliphatic rings. The first-order valence-electron chi connectivity index (χ1n) is 5.77. The zero-order valence-corrected chi connectivity index (χ0v) is 10.7. The van der Waals surface area contributed by atoms with Crippen molar-refractivity contribution in [2.24, 2.45) is 0 Å². The van der Waals surface area contributed by atoms with Crippen molar-refractivity contribution >= 4 is 0 Å². The molecule has 2 aromatic rings. The van der Waals surface area contributed by atoms with Crippen LogP contribution in [0.15, 0.2) is 42.5 Å². The van der Waals surface area contributed by atoms with Gasteiger partial charge in [0.05, 0.1) is 7.11 Å². The van der Waals surface area contributed by atoms with Crippen molar-refractivity contribution in [2.45, 2.75) is 12.5 Å². The molecular formula is C15H14F2O2. The molecule has 100 valence electrons. The summed E-state index contributed by atoms with van der Waals surface area (Å²) in [6.07, 6.45) is 0. The molecule has 2 aromatic carbocycles. The fraction of sp³-hybridized carbons (Fsp3) is 0.200. The van der Waals surface area contributed by atoms with Gasteiger partial charge in [0.2, 0.25) is 0 Å². The maximum atomic E-state index is 13.2. The van der Waals surface area contributed by atoms with Crippen LogP contribution < -0.4 is 4.74 Å². The first kappa shape index (κ1) is 13.5. The monoisotopic (exact) mass is 264 g/mol. The number of ether oxygens (including phenoxy) is 1. The maximum Gasteiger partial charge on any atom is 0.159 e. The van der Waals surface area contributed by atoms with Gasteiger partial charge in [-0.2, -0.15) is 0 Å². The van der Waals surface area contributed by atoms with E-state index in [1.165, 1.54) is 13.0 Å². The van der Waals surface area contributed by atoms with Crippen molar-refractivity contribution in [3.05, 3.63) is 65.2 Å². The average Bonchev–Trinajstić information content (AvgIpc) is 2.41. The predicted octanol–water partition coefficient (Wildman–Crippen LogP) is 3.23. The van der Waals surface area contributed by atoms with Gasteiger partial charge < -0.3 is 9.84 Å². The van der Waals surface area contributed by atoms with Crippen molar-refractivity contribution < 1.29 is 18.6 Å². The third-order valence-electron chi connectivity index (χ3n) is 3.13. The molecule has 1 unspecified atom stereocenters. The highest BCUT2D eigenvalue weighted by Crippen LogP contribution is 2.30. The molecule has 0 spiro atoms. The highest BCUT2D eigenvalue weighted by atomic mass is 19.2. The summed E-state index contributed by atoms with van der Waals surface area (Å²) in [6.45, 7) is 1.53. The smallest absolute Gasteiger partial charge is 0.159 e.